The van der Waals surface area contributed by atoms with E-state index in [1.54, 1.807) is 17.0 Å². The van der Waals surface area contributed by atoms with Gasteiger partial charge in [0.2, 0.25) is 5.95 Å². The lowest BCUT2D eigenvalue weighted by Gasteiger charge is -2.36. The van der Waals surface area contributed by atoms with E-state index < -0.39 is 0 Å². The summed E-state index contributed by atoms with van der Waals surface area (Å²) >= 11 is 0. The zero-order valence-corrected chi connectivity index (χ0v) is 17.4. The summed E-state index contributed by atoms with van der Waals surface area (Å²) in [6, 6.07) is 12.9. The second-order valence-corrected chi connectivity index (χ2v) is 8.11. The fraction of sp³-hybridized carbons (Fsp3) is 0.348. The van der Waals surface area contributed by atoms with Crippen LogP contribution in [0.3, 0.4) is 0 Å². The van der Waals surface area contributed by atoms with Crippen LogP contribution in [0.5, 0.6) is 5.75 Å². The number of hydrogen-bond acceptors (Lipinski definition) is 7. The molecule has 160 valence electrons. The molecule has 3 N–H and O–H groups in total. The number of hydrogen-bond donors (Lipinski definition) is 2. The van der Waals surface area contributed by atoms with Crippen molar-refractivity contribution >= 4 is 34.3 Å². The van der Waals surface area contributed by atoms with E-state index in [2.05, 4.69) is 14.8 Å². The highest BCUT2D eigenvalue weighted by Crippen LogP contribution is 2.30. The average molecular weight is 419 g/mol. The molecule has 0 spiro atoms. The first-order chi connectivity index (χ1) is 15.1. The quantitative estimate of drug-likeness (QED) is 0.674. The number of rotatable bonds is 3. The van der Waals surface area contributed by atoms with Crippen LogP contribution in [0.4, 0.5) is 17.6 Å². The third-order valence-electron chi connectivity index (χ3n) is 6.13. The van der Waals surface area contributed by atoms with E-state index in [0.717, 1.165) is 37.1 Å². The van der Waals surface area contributed by atoms with Gasteiger partial charge in [-0.1, -0.05) is 30.3 Å². The SMILES string of the molecule is Nc1cc(N2CCN(C(=O)c3ccc4ccccc4c3O)CC2)nc(N2CCCC2)n1. The molecule has 2 aromatic carbocycles. The number of fused-ring (bicyclic) bond motifs is 1. The third kappa shape index (κ3) is 3.69. The first-order valence-corrected chi connectivity index (χ1v) is 10.7. The average Bonchev–Trinajstić information content (AvgIpc) is 3.34. The number of aromatic hydroxyl groups is 1. The lowest BCUT2D eigenvalue weighted by molar-refractivity contribution is 0.0744. The van der Waals surface area contributed by atoms with Crippen molar-refractivity contribution in [3.63, 3.8) is 0 Å². The largest absolute Gasteiger partial charge is 0.506 e. The number of benzene rings is 2. The Morgan fingerprint density at radius 1 is 0.903 bits per heavy atom. The van der Waals surface area contributed by atoms with E-state index >= 15 is 0 Å². The number of nitrogens with two attached hydrogens (primary N) is 1. The molecule has 1 aromatic heterocycles. The Bertz CT molecular complexity index is 1120. The van der Waals surface area contributed by atoms with Crippen LogP contribution in [-0.4, -0.2) is 65.2 Å². The van der Waals surface area contributed by atoms with Gasteiger partial charge in [-0.05, 0) is 24.3 Å². The standard InChI is InChI=1S/C23H26N6O2/c24-19-15-20(26-23(25-19)29-9-3-4-10-29)27-11-13-28(14-12-27)22(31)18-8-7-16-5-1-2-6-17(16)21(18)30/h1-2,5-8,15,30H,3-4,9-14H2,(H2,24,25,26). The maximum absolute atomic E-state index is 13.1. The Morgan fingerprint density at radius 2 is 1.65 bits per heavy atom. The highest BCUT2D eigenvalue weighted by molar-refractivity contribution is 6.03. The minimum atomic E-state index is -0.150. The molecule has 0 bridgehead atoms. The predicted molar refractivity (Wildman–Crippen MR) is 122 cm³/mol. The van der Waals surface area contributed by atoms with E-state index in [0.29, 0.717) is 48.9 Å². The van der Waals surface area contributed by atoms with Crippen molar-refractivity contribution in [2.45, 2.75) is 12.8 Å². The van der Waals surface area contributed by atoms with Gasteiger partial charge in [-0.15, -0.1) is 0 Å². The normalized spacial score (nSPS) is 16.8. The first kappa shape index (κ1) is 19.4. The maximum atomic E-state index is 13.1. The van der Waals surface area contributed by atoms with Crippen molar-refractivity contribution in [3.8, 4) is 5.75 Å². The number of anilines is 3. The van der Waals surface area contributed by atoms with Gasteiger partial charge in [-0.2, -0.15) is 9.97 Å². The van der Waals surface area contributed by atoms with Crippen LogP contribution < -0.4 is 15.5 Å². The lowest BCUT2D eigenvalue weighted by Crippen LogP contribution is -2.49. The molecule has 5 rings (SSSR count). The van der Waals surface area contributed by atoms with E-state index in [1.807, 2.05) is 30.3 Å². The molecule has 31 heavy (non-hydrogen) atoms. The second kappa shape index (κ2) is 7.94. The van der Waals surface area contributed by atoms with Crippen molar-refractivity contribution in [2.75, 3.05) is 54.8 Å². The molecule has 0 atom stereocenters. The van der Waals surface area contributed by atoms with Crippen LogP contribution >= 0.6 is 0 Å². The second-order valence-electron chi connectivity index (χ2n) is 8.11. The van der Waals surface area contributed by atoms with Crippen LogP contribution in [0, 0.1) is 0 Å². The summed E-state index contributed by atoms with van der Waals surface area (Å²) in [5.41, 5.74) is 6.39. The summed E-state index contributed by atoms with van der Waals surface area (Å²) in [4.78, 5) is 28.3. The summed E-state index contributed by atoms with van der Waals surface area (Å²) < 4.78 is 0. The molecule has 2 aliphatic heterocycles. The van der Waals surface area contributed by atoms with E-state index in [4.69, 9.17) is 10.7 Å². The molecule has 0 aliphatic carbocycles. The van der Waals surface area contributed by atoms with Crippen LogP contribution in [0.15, 0.2) is 42.5 Å². The van der Waals surface area contributed by atoms with Crippen molar-refractivity contribution < 1.29 is 9.90 Å². The third-order valence-corrected chi connectivity index (χ3v) is 6.13. The molecule has 3 heterocycles. The number of piperazine rings is 1. The molecule has 0 radical (unpaired) electrons. The number of carbonyl (C=O) groups is 1. The van der Waals surface area contributed by atoms with Gasteiger partial charge in [0.05, 0.1) is 5.56 Å². The molecule has 0 unspecified atom stereocenters. The van der Waals surface area contributed by atoms with Crippen LogP contribution in [0.2, 0.25) is 0 Å². The molecule has 1 amide bonds. The molecular weight excluding hydrogens is 392 g/mol. The lowest BCUT2D eigenvalue weighted by atomic mass is 10.0. The van der Waals surface area contributed by atoms with Crippen LogP contribution in [-0.2, 0) is 0 Å². The number of nitrogen functional groups attached to an aromatic ring is 1. The number of amides is 1. The van der Waals surface area contributed by atoms with Crippen LogP contribution in [0.25, 0.3) is 10.8 Å². The van der Waals surface area contributed by atoms with E-state index in [-0.39, 0.29) is 11.7 Å². The summed E-state index contributed by atoms with van der Waals surface area (Å²) in [6.07, 6.45) is 2.30. The molecule has 2 saturated heterocycles. The Hall–Kier alpha value is -3.55. The molecule has 2 fully saturated rings. The predicted octanol–water partition coefficient (Wildman–Crippen LogP) is 2.48. The Morgan fingerprint density at radius 3 is 2.42 bits per heavy atom. The minimum absolute atomic E-state index is 0.0457. The Labute approximate surface area is 180 Å². The van der Waals surface area contributed by atoms with Gasteiger partial charge in [-0.3, -0.25) is 4.79 Å². The van der Waals surface area contributed by atoms with Gasteiger partial charge in [0, 0.05) is 50.7 Å². The fourth-order valence-electron chi connectivity index (χ4n) is 4.40. The van der Waals surface area contributed by atoms with Gasteiger partial charge in [0.1, 0.15) is 17.4 Å². The van der Waals surface area contributed by atoms with Gasteiger partial charge in [-0.25, -0.2) is 0 Å². The molecular formula is C23H26N6O2. The smallest absolute Gasteiger partial charge is 0.257 e. The van der Waals surface area contributed by atoms with Crippen molar-refractivity contribution in [1.82, 2.24) is 14.9 Å². The number of phenolic OH excluding ortho intramolecular Hbond substituents is 1. The summed E-state index contributed by atoms with van der Waals surface area (Å²) in [7, 11) is 0. The molecule has 8 nitrogen and oxygen atoms in total. The first-order valence-electron chi connectivity index (χ1n) is 10.7. The summed E-state index contributed by atoms with van der Waals surface area (Å²) in [5, 5.41) is 12.3. The maximum Gasteiger partial charge on any atom is 0.257 e. The van der Waals surface area contributed by atoms with Crippen molar-refractivity contribution in [1.29, 1.82) is 0 Å². The van der Waals surface area contributed by atoms with Gasteiger partial charge < -0.3 is 25.5 Å². The number of nitrogens with zero attached hydrogens (tertiary/aromatic N) is 5. The minimum Gasteiger partial charge on any atom is -0.506 e. The van der Waals surface area contributed by atoms with Gasteiger partial charge in [0.25, 0.3) is 5.91 Å². The molecule has 2 aliphatic rings. The molecule has 8 heteroatoms. The highest BCUT2D eigenvalue weighted by Gasteiger charge is 2.26. The zero-order chi connectivity index (χ0) is 21.4. The zero-order valence-electron chi connectivity index (χ0n) is 17.4. The number of aromatic nitrogens is 2. The number of carbonyl (C=O) groups excluding carboxylic acids is 1. The topological polar surface area (TPSA) is 98.8 Å². The Balaban J connectivity index is 1.31. The van der Waals surface area contributed by atoms with Crippen molar-refractivity contribution in [2.24, 2.45) is 0 Å². The van der Waals surface area contributed by atoms with Crippen molar-refractivity contribution in [3.05, 3.63) is 48.0 Å². The fourth-order valence-corrected chi connectivity index (χ4v) is 4.40. The van der Waals surface area contributed by atoms with Gasteiger partial charge >= 0.3 is 0 Å². The monoisotopic (exact) mass is 418 g/mol. The number of phenols is 1. The molecule has 3 aromatic rings. The summed E-state index contributed by atoms with van der Waals surface area (Å²) in [6.45, 7) is 4.31. The summed E-state index contributed by atoms with van der Waals surface area (Å²) in [5.74, 6) is 1.85. The van der Waals surface area contributed by atoms with Gasteiger partial charge in [0.15, 0.2) is 0 Å². The van der Waals surface area contributed by atoms with Crippen LogP contribution in [0.1, 0.15) is 23.2 Å². The Kier molecular flexibility index (Phi) is 4.97. The van der Waals surface area contributed by atoms with E-state index in [1.165, 1.54) is 0 Å². The highest BCUT2D eigenvalue weighted by atomic mass is 16.3. The van der Waals surface area contributed by atoms with E-state index in [9.17, 15) is 9.90 Å². The molecule has 0 saturated carbocycles.